The molecule has 0 radical (unpaired) electrons. The van der Waals surface area contributed by atoms with Crippen LogP contribution in [0, 0.1) is 5.41 Å². The Bertz CT molecular complexity index is 627. The van der Waals surface area contributed by atoms with Gasteiger partial charge in [-0.2, -0.15) is 0 Å². The van der Waals surface area contributed by atoms with Crippen LogP contribution in [0.1, 0.15) is 45.2 Å². The highest BCUT2D eigenvalue weighted by atomic mass is 28.4. The molecule has 2 N–H and O–H groups in total. The van der Waals surface area contributed by atoms with Crippen LogP contribution in [0.25, 0.3) is 0 Å². The first-order chi connectivity index (χ1) is 11.2. The fraction of sp³-hybridized carbons (Fsp3) is 0.579. The molecule has 1 aliphatic carbocycles. The number of benzene rings is 1. The van der Waals surface area contributed by atoms with Crippen LogP contribution in [-0.4, -0.2) is 20.0 Å². The van der Waals surface area contributed by atoms with Gasteiger partial charge in [-0.15, -0.1) is 5.48 Å². The van der Waals surface area contributed by atoms with Crippen LogP contribution >= 0.6 is 0 Å². The molecule has 24 heavy (non-hydrogen) atoms. The van der Waals surface area contributed by atoms with Gasteiger partial charge in [-0.3, -0.25) is 0 Å². The van der Waals surface area contributed by atoms with Crippen molar-refractivity contribution in [3.05, 3.63) is 41.7 Å². The average molecular weight is 348 g/mol. The molecule has 1 aromatic rings. The molecule has 1 unspecified atom stereocenters. The molecule has 0 aromatic heterocycles. The third-order valence-electron chi connectivity index (χ3n) is 5.71. The minimum Gasteiger partial charge on any atom is -0.544 e. The van der Waals surface area contributed by atoms with Crippen molar-refractivity contribution in [3.8, 4) is 5.75 Å². The molecule has 4 nitrogen and oxygen atoms in total. The highest BCUT2D eigenvalue weighted by Crippen LogP contribution is 2.53. The molecule has 1 saturated carbocycles. The molecule has 132 valence electrons. The second-order valence-electron chi connectivity index (χ2n) is 8.60. The quantitative estimate of drug-likeness (QED) is 0.780. The van der Waals surface area contributed by atoms with E-state index in [0.29, 0.717) is 0 Å². The molecule has 1 fully saturated rings. The summed E-state index contributed by atoms with van der Waals surface area (Å²) < 4.78 is 6.33. The lowest BCUT2D eigenvalue weighted by atomic mass is 10.0. The predicted molar refractivity (Wildman–Crippen MR) is 98.1 cm³/mol. The van der Waals surface area contributed by atoms with Gasteiger partial charge in [0.2, 0.25) is 8.32 Å². The number of hydrogen-bond acceptors (Lipinski definition) is 4. The molecule has 0 saturated heterocycles. The molecule has 5 heteroatoms. The number of rotatable bonds is 5. The minimum absolute atomic E-state index is 0.0333. The van der Waals surface area contributed by atoms with Crippen LogP contribution in [0.2, 0.25) is 18.1 Å². The molecular weight excluding hydrogens is 318 g/mol. The normalized spacial score (nSPS) is 22.8. The van der Waals surface area contributed by atoms with Crippen molar-refractivity contribution in [1.29, 1.82) is 0 Å². The highest BCUT2D eigenvalue weighted by Gasteiger charge is 2.49. The van der Waals surface area contributed by atoms with Gasteiger partial charge in [-0.1, -0.05) is 32.9 Å². The van der Waals surface area contributed by atoms with E-state index in [9.17, 15) is 5.11 Å². The van der Waals surface area contributed by atoms with Crippen molar-refractivity contribution in [2.24, 2.45) is 5.41 Å². The molecule has 1 aromatic carbocycles. The molecule has 1 heterocycles. The van der Waals surface area contributed by atoms with Gasteiger partial charge >= 0.3 is 0 Å². The van der Waals surface area contributed by atoms with Gasteiger partial charge in [0.05, 0.1) is 18.1 Å². The number of aliphatic hydroxyl groups excluding tert-OH is 1. The summed E-state index contributed by atoms with van der Waals surface area (Å²) in [6.45, 7) is 11.4. The largest absolute Gasteiger partial charge is 0.544 e. The van der Waals surface area contributed by atoms with E-state index in [4.69, 9.17) is 9.26 Å². The summed E-state index contributed by atoms with van der Waals surface area (Å²) in [5, 5.41) is 9.71. The van der Waals surface area contributed by atoms with Crippen LogP contribution < -0.4 is 9.91 Å². The maximum absolute atomic E-state index is 9.52. The summed E-state index contributed by atoms with van der Waals surface area (Å²) in [5.74, 6) is 1.82. The van der Waals surface area contributed by atoms with Gasteiger partial charge in [-0.05, 0) is 54.7 Å². The van der Waals surface area contributed by atoms with Gasteiger partial charge < -0.3 is 14.4 Å². The van der Waals surface area contributed by atoms with E-state index in [1.807, 2.05) is 12.1 Å². The van der Waals surface area contributed by atoms with Crippen molar-refractivity contribution < 1.29 is 14.4 Å². The summed E-state index contributed by atoms with van der Waals surface area (Å²) in [7, 11) is -1.81. The van der Waals surface area contributed by atoms with Crippen LogP contribution in [0.15, 0.2) is 36.1 Å². The summed E-state index contributed by atoms with van der Waals surface area (Å²) >= 11 is 0. The zero-order valence-corrected chi connectivity index (χ0v) is 16.3. The predicted octanol–water partition coefficient (Wildman–Crippen LogP) is 4.30. The highest BCUT2D eigenvalue weighted by molar-refractivity contribution is 6.74. The Morgan fingerprint density at radius 2 is 1.88 bits per heavy atom. The third-order valence-corrected chi connectivity index (χ3v) is 10.1. The second-order valence-corrected chi connectivity index (χ2v) is 13.3. The van der Waals surface area contributed by atoms with Gasteiger partial charge in [-0.25, -0.2) is 0 Å². The lowest BCUT2D eigenvalue weighted by Gasteiger charge is -2.36. The van der Waals surface area contributed by atoms with Crippen LogP contribution in [-0.2, 0) is 4.84 Å². The van der Waals surface area contributed by atoms with E-state index in [1.165, 1.54) is 0 Å². The van der Waals surface area contributed by atoms with Gasteiger partial charge in [0, 0.05) is 0 Å². The standard InChI is InChI=1S/C19H29NO3Si/c1-18(2,3)24(4,5)23-15-8-6-14(7-9-15)16-12-17(22-20-16)19(13-21)10-11-19/h6-9,12,16,20-21H,10-11,13H2,1-5H3. The van der Waals surface area contributed by atoms with Crippen molar-refractivity contribution in [1.82, 2.24) is 5.48 Å². The molecule has 1 atom stereocenters. The maximum atomic E-state index is 9.52. The van der Waals surface area contributed by atoms with Crippen LogP contribution in [0.5, 0.6) is 5.75 Å². The Morgan fingerprint density at radius 3 is 2.38 bits per heavy atom. The van der Waals surface area contributed by atoms with E-state index in [1.54, 1.807) is 0 Å². The Balaban J connectivity index is 1.70. The topological polar surface area (TPSA) is 50.7 Å². The first kappa shape index (κ1) is 17.5. The molecule has 0 amide bonds. The molecule has 2 aliphatic rings. The molecular formula is C19H29NO3Si. The summed E-state index contributed by atoms with van der Waals surface area (Å²) in [4.78, 5) is 5.62. The molecule has 1 aliphatic heterocycles. The minimum atomic E-state index is -1.81. The van der Waals surface area contributed by atoms with Gasteiger partial charge in [0.15, 0.2) is 0 Å². The monoisotopic (exact) mass is 347 g/mol. The van der Waals surface area contributed by atoms with Crippen molar-refractivity contribution >= 4 is 8.32 Å². The fourth-order valence-corrected chi connectivity index (χ4v) is 3.65. The maximum Gasteiger partial charge on any atom is 0.250 e. The Labute approximate surface area is 146 Å². The summed E-state index contributed by atoms with van der Waals surface area (Å²) in [6, 6.07) is 8.29. The SMILES string of the molecule is CC(C)(C)[Si](C)(C)Oc1ccc(C2C=C(C3(CO)CC3)ON2)cc1. The van der Waals surface area contributed by atoms with E-state index < -0.39 is 8.32 Å². The fourth-order valence-electron chi connectivity index (χ4n) is 2.62. The van der Waals surface area contributed by atoms with E-state index in [2.05, 4.69) is 57.6 Å². The second kappa shape index (κ2) is 5.90. The summed E-state index contributed by atoms with van der Waals surface area (Å²) in [5.41, 5.74) is 4.07. The number of hydroxylamine groups is 1. The van der Waals surface area contributed by atoms with E-state index in [0.717, 1.165) is 29.9 Å². The first-order valence-electron chi connectivity index (χ1n) is 8.71. The lowest BCUT2D eigenvalue weighted by molar-refractivity contribution is 0.0728. The van der Waals surface area contributed by atoms with E-state index >= 15 is 0 Å². The molecule has 0 bridgehead atoms. The number of nitrogens with one attached hydrogen (secondary N) is 1. The smallest absolute Gasteiger partial charge is 0.250 e. The first-order valence-corrected chi connectivity index (χ1v) is 11.6. The zero-order chi connectivity index (χ0) is 17.6. The van der Waals surface area contributed by atoms with Crippen LogP contribution in [0.3, 0.4) is 0 Å². The third kappa shape index (κ3) is 3.25. The van der Waals surface area contributed by atoms with E-state index in [-0.39, 0.29) is 23.1 Å². The average Bonchev–Trinajstić information content (AvgIpc) is 3.16. The van der Waals surface area contributed by atoms with Crippen molar-refractivity contribution in [2.45, 2.75) is 57.8 Å². The number of aliphatic hydroxyl groups is 1. The van der Waals surface area contributed by atoms with Crippen LogP contribution in [0.4, 0.5) is 0 Å². The lowest BCUT2D eigenvalue weighted by Crippen LogP contribution is -2.43. The van der Waals surface area contributed by atoms with Gasteiger partial charge in [0.1, 0.15) is 11.5 Å². The van der Waals surface area contributed by atoms with Crippen molar-refractivity contribution in [2.75, 3.05) is 6.61 Å². The Morgan fingerprint density at radius 1 is 1.25 bits per heavy atom. The molecule has 0 spiro atoms. The van der Waals surface area contributed by atoms with Crippen molar-refractivity contribution in [3.63, 3.8) is 0 Å². The zero-order valence-electron chi connectivity index (χ0n) is 15.3. The molecule has 3 rings (SSSR count). The Kier molecular flexibility index (Phi) is 4.30. The summed E-state index contributed by atoms with van der Waals surface area (Å²) in [6.07, 6.45) is 4.10. The Hall–Kier alpha value is -1.30. The number of hydrogen-bond donors (Lipinski definition) is 2. The van der Waals surface area contributed by atoms with Gasteiger partial charge in [0.25, 0.3) is 0 Å².